The Morgan fingerprint density at radius 1 is 1.43 bits per heavy atom. The lowest BCUT2D eigenvalue weighted by Crippen LogP contribution is -2.43. The Hall–Kier alpha value is -1.88. The van der Waals surface area contributed by atoms with Gasteiger partial charge in [-0.3, -0.25) is 9.78 Å². The second kappa shape index (κ2) is 5.85. The van der Waals surface area contributed by atoms with E-state index < -0.39 is 0 Å². The molecule has 0 radical (unpaired) electrons. The number of hydrogen-bond donors (Lipinski definition) is 0. The first-order chi connectivity index (χ1) is 10.2. The SMILES string of the molecule is CCC1CN(C(=O)c2cncc(Br)c2)c2ccccc2O1. The van der Waals surface area contributed by atoms with E-state index in [2.05, 4.69) is 27.8 Å². The Bertz CT molecular complexity index is 675. The van der Waals surface area contributed by atoms with Crippen molar-refractivity contribution in [1.29, 1.82) is 0 Å². The number of pyridine rings is 1. The zero-order chi connectivity index (χ0) is 14.8. The van der Waals surface area contributed by atoms with E-state index in [4.69, 9.17) is 4.74 Å². The molecule has 108 valence electrons. The monoisotopic (exact) mass is 346 g/mol. The lowest BCUT2D eigenvalue weighted by molar-refractivity contribution is 0.0954. The van der Waals surface area contributed by atoms with E-state index >= 15 is 0 Å². The summed E-state index contributed by atoms with van der Waals surface area (Å²) in [5.74, 6) is 0.699. The highest BCUT2D eigenvalue weighted by atomic mass is 79.9. The number of carbonyl (C=O) groups is 1. The summed E-state index contributed by atoms with van der Waals surface area (Å²) >= 11 is 3.35. The van der Waals surface area contributed by atoms with Crippen LogP contribution in [0, 0.1) is 0 Å². The summed E-state index contributed by atoms with van der Waals surface area (Å²) in [5, 5.41) is 0. The molecule has 1 aliphatic heterocycles. The van der Waals surface area contributed by atoms with Gasteiger partial charge >= 0.3 is 0 Å². The molecule has 1 atom stereocenters. The molecule has 0 saturated carbocycles. The first-order valence-electron chi connectivity index (χ1n) is 6.87. The maximum absolute atomic E-state index is 12.8. The molecule has 5 heteroatoms. The third-order valence-electron chi connectivity index (χ3n) is 3.49. The normalized spacial score (nSPS) is 17.0. The predicted molar refractivity (Wildman–Crippen MR) is 84.8 cm³/mol. The molecule has 1 amide bonds. The summed E-state index contributed by atoms with van der Waals surface area (Å²) in [6.45, 7) is 2.61. The first-order valence-corrected chi connectivity index (χ1v) is 7.66. The van der Waals surface area contributed by atoms with E-state index in [1.54, 1.807) is 23.4 Å². The Balaban J connectivity index is 1.99. The molecular weight excluding hydrogens is 332 g/mol. The second-order valence-electron chi connectivity index (χ2n) is 4.92. The molecule has 0 N–H and O–H groups in total. The van der Waals surface area contributed by atoms with Crippen molar-refractivity contribution >= 4 is 27.5 Å². The van der Waals surface area contributed by atoms with Crippen LogP contribution in [-0.4, -0.2) is 23.5 Å². The average Bonchev–Trinajstić information content (AvgIpc) is 2.53. The average molecular weight is 347 g/mol. The minimum absolute atomic E-state index is 0.0176. The van der Waals surface area contributed by atoms with Gasteiger partial charge in [0.15, 0.2) is 0 Å². The van der Waals surface area contributed by atoms with E-state index in [1.165, 1.54) is 0 Å². The van der Waals surface area contributed by atoms with E-state index in [0.717, 1.165) is 22.3 Å². The van der Waals surface area contributed by atoms with Gasteiger partial charge in [0.1, 0.15) is 11.9 Å². The van der Waals surface area contributed by atoms with Crippen molar-refractivity contribution in [2.45, 2.75) is 19.4 Å². The number of nitrogens with zero attached hydrogens (tertiary/aromatic N) is 2. The van der Waals surface area contributed by atoms with Crippen molar-refractivity contribution in [3.8, 4) is 5.75 Å². The highest BCUT2D eigenvalue weighted by Gasteiger charge is 2.29. The van der Waals surface area contributed by atoms with Gasteiger partial charge in [0.25, 0.3) is 5.91 Å². The fraction of sp³-hybridized carbons (Fsp3) is 0.250. The standard InChI is InChI=1S/C16H15BrN2O2/c1-2-13-10-19(14-5-3-4-6-15(14)21-13)16(20)11-7-12(17)9-18-8-11/h3-9,13H,2,10H2,1H3. The maximum atomic E-state index is 12.8. The van der Waals surface area contributed by atoms with Crippen molar-refractivity contribution in [1.82, 2.24) is 4.98 Å². The Labute approximate surface area is 131 Å². The van der Waals surface area contributed by atoms with Crippen LogP contribution in [0.1, 0.15) is 23.7 Å². The van der Waals surface area contributed by atoms with Gasteiger partial charge in [-0.1, -0.05) is 19.1 Å². The summed E-state index contributed by atoms with van der Waals surface area (Å²) in [6, 6.07) is 9.42. The lowest BCUT2D eigenvalue weighted by atomic mass is 10.1. The highest BCUT2D eigenvalue weighted by molar-refractivity contribution is 9.10. The number of hydrogen-bond acceptors (Lipinski definition) is 3. The summed E-state index contributed by atoms with van der Waals surface area (Å²) < 4.78 is 6.70. The van der Waals surface area contributed by atoms with Gasteiger partial charge in [-0.15, -0.1) is 0 Å². The number of anilines is 1. The number of carbonyl (C=O) groups excluding carboxylic acids is 1. The zero-order valence-electron chi connectivity index (χ0n) is 11.6. The minimum atomic E-state index is -0.0574. The first kappa shape index (κ1) is 14.1. The highest BCUT2D eigenvalue weighted by Crippen LogP contribution is 2.34. The van der Waals surface area contributed by atoms with E-state index in [0.29, 0.717) is 12.1 Å². The number of halogens is 1. The van der Waals surface area contributed by atoms with Gasteiger partial charge in [0, 0.05) is 16.9 Å². The van der Waals surface area contributed by atoms with Crippen molar-refractivity contribution in [2.24, 2.45) is 0 Å². The van der Waals surface area contributed by atoms with Gasteiger partial charge in [-0.05, 0) is 40.5 Å². The molecule has 0 saturated heterocycles. The van der Waals surface area contributed by atoms with Gasteiger partial charge in [-0.2, -0.15) is 0 Å². The van der Waals surface area contributed by atoms with Crippen LogP contribution < -0.4 is 9.64 Å². The molecule has 2 heterocycles. The third-order valence-corrected chi connectivity index (χ3v) is 3.92. The molecule has 1 aliphatic rings. The second-order valence-corrected chi connectivity index (χ2v) is 5.84. The Morgan fingerprint density at radius 2 is 2.24 bits per heavy atom. The molecule has 0 spiro atoms. The van der Waals surface area contributed by atoms with Crippen LogP contribution in [0.2, 0.25) is 0 Å². The molecule has 1 unspecified atom stereocenters. The molecular formula is C16H15BrN2O2. The summed E-state index contributed by atoms with van der Waals surface area (Å²) in [4.78, 5) is 18.6. The van der Waals surface area contributed by atoms with Crippen LogP contribution in [0.25, 0.3) is 0 Å². The molecule has 3 rings (SSSR count). The summed E-state index contributed by atoms with van der Waals surface area (Å²) in [6.07, 6.45) is 4.13. The Morgan fingerprint density at radius 3 is 3.00 bits per heavy atom. The molecule has 0 bridgehead atoms. The number of amides is 1. The summed E-state index contributed by atoms with van der Waals surface area (Å²) in [5.41, 5.74) is 1.38. The largest absolute Gasteiger partial charge is 0.486 e. The fourth-order valence-corrected chi connectivity index (χ4v) is 2.75. The van der Waals surface area contributed by atoms with Crippen molar-refractivity contribution in [3.63, 3.8) is 0 Å². The minimum Gasteiger partial charge on any atom is -0.486 e. The van der Waals surface area contributed by atoms with Crippen molar-refractivity contribution in [2.75, 3.05) is 11.4 Å². The molecule has 2 aromatic rings. The van der Waals surface area contributed by atoms with Crippen LogP contribution in [0.3, 0.4) is 0 Å². The molecule has 4 nitrogen and oxygen atoms in total. The Kier molecular flexibility index (Phi) is 3.92. The quantitative estimate of drug-likeness (QED) is 0.833. The molecule has 0 fully saturated rings. The van der Waals surface area contributed by atoms with Crippen LogP contribution >= 0.6 is 15.9 Å². The molecule has 21 heavy (non-hydrogen) atoms. The number of rotatable bonds is 2. The number of fused-ring (bicyclic) bond motifs is 1. The van der Waals surface area contributed by atoms with Gasteiger partial charge < -0.3 is 9.64 Å². The fourth-order valence-electron chi connectivity index (χ4n) is 2.39. The molecule has 1 aromatic carbocycles. The number of aromatic nitrogens is 1. The van der Waals surface area contributed by atoms with Crippen LogP contribution in [-0.2, 0) is 0 Å². The summed E-state index contributed by atoms with van der Waals surface area (Å²) in [7, 11) is 0. The maximum Gasteiger partial charge on any atom is 0.260 e. The van der Waals surface area contributed by atoms with Crippen LogP contribution in [0.4, 0.5) is 5.69 Å². The van der Waals surface area contributed by atoms with Crippen molar-refractivity contribution < 1.29 is 9.53 Å². The van der Waals surface area contributed by atoms with E-state index in [1.807, 2.05) is 24.3 Å². The zero-order valence-corrected chi connectivity index (χ0v) is 13.2. The van der Waals surface area contributed by atoms with Gasteiger partial charge in [0.05, 0.1) is 17.8 Å². The number of ether oxygens (including phenoxy) is 1. The smallest absolute Gasteiger partial charge is 0.260 e. The van der Waals surface area contributed by atoms with Crippen LogP contribution in [0.15, 0.2) is 47.2 Å². The van der Waals surface area contributed by atoms with E-state index in [9.17, 15) is 4.79 Å². The lowest BCUT2D eigenvalue weighted by Gasteiger charge is -2.34. The van der Waals surface area contributed by atoms with Gasteiger partial charge in [-0.25, -0.2) is 0 Å². The molecule has 0 aliphatic carbocycles. The van der Waals surface area contributed by atoms with E-state index in [-0.39, 0.29) is 12.0 Å². The van der Waals surface area contributed by atoms with Gasteiger partial charge in [0.2, 0.25) is 0 Å². The van der Waals surface area contributed by atoms with Crippen LogP contribution in [0.5, 0.6) is 5.75 Å². The number of benzene rings is 1. The third kappa shape index (κ3) is 2.78. The van der Waals surface area contributed by atoms with Crippen molar-refractivity contribution in [3.05, 3.63) is 52.8 Å². The number of para-hydroxylation sites is 2. The molecule has 1 aromatic heterocycles. The topological polar surface area (TPSA) is 42.4 Å². The predicted octanol–water partition coefficient (Wildman–Crippen LogP) is 3.66.